The minimum Gasteiger partial charge on any atom is -0.480 e. The summed E-state index contributed by atoms with van der Waals surface area (Å²) in [6.45, 7) is -0.203. The van der Waals surface area contributed by atoms with Crippen LogP contribution in [0.2, 0.25) is 0 Å². The van der Waals surface area contributed by atoms with E-state index in [2.05, 4.69) is 9.71 Å². The molecule has 0 amide bonds. The largest absolute Gasteiger partial charge is 0.480 e. The Balaban J connectivity index is 4.26. The summed E-state index contributed by atoms with van der Waals surface area (Å²) >= 11 is 0.963. The maximum absolute atomic E-state index is 10.5. The summed E-state index contributed by atoms with van der Waals surface area (Å²) in [5, 5.41) is 19.8. The molecule has 0 radical (unpaired) electrons. The molecule has 5 N–H and O–H groups in total. The van der Waals surface area contributed by atoms with Crippen molar-refractivity contribution < 1.29 is 19.8 Å². The van der Waals surface area contributed by atoms with Crippen molar-refractivity contribution in [3.05, 3.63) is 0 Å². The molecule has 0 bridgehead atoms. The van der Waals surface area contributed by atoms with E-state index in [-0.39, 0.29) is 12.3 Å². The number of nitrogens with one attached hydrogen (secondary N) is 1. The fraction of sp³-hybridized carbons (Fsp3) is 0.625. The Bertz CT molecular complexity index is 310. The molecule has 0 aromatic heterocycles. The lowest BCUT2D eigenvalue weighted by Crippen LogP contribution is -2.39. The van der Waals surface area contributed by atoms with Crippen molar-refractivity contribution in [3.63, 3.8) is 0 Å². The number of carboxylic acid groups (broad SMARTS) is 2. The summed E-state index contributed by atoms with van der Waals surface area (Å²) in [6.07, 6.45) is 0. The predicted molar refractivity (Wildman–Crippen MR) is 64.8 cm³/mol. The van der Waals surface area contributed by atoms with Gasteiger partial charge < -0.3 is 26.2 Å². The smallest absolute Gasteiger partial charge is 0.323 e. The topological polar surface area (TPSA) is 128 Å². The van der Waals surface area contributed by atoms with Crippen LogP contribution in [-0.4, -0.2) is 65.4 Å². The Morgan fingerprint density at radius 1 is 1.53 bits per heavy atom. The molecule has 0 aliphatic rings. The Hall–Kier alpha value is -1.48. The van der Waals surface area contributed by atoms with Crippen molar-refractivity contribution in [2.24, 2.45) is 10.1 Å². The number of nitrogens with zero attached hydrogens (tertiary/aromatic N) is 2. The van der Waals surface area contributed by atoms with E-state index in [9.17, 15) is 9.59 Å². The maximum Gasteiger partial charge on any atom is 0.323 e. The third kappa shape index (κ3) is 6.64. The van der Waals surface area contributed by atoms with E-state index in [4.69, 9.17) is 15.9 Å². The van der Waals surface area contributed by atoms with Crippen molar-refractivity contribution in [3.8, 4) is 0 Å². The number of likely N-dealkylation sites (N-methyl/N-ethyl adjacent to an activating group) is 1. The van der Waals surface area contributed by atoms with Gasteiger partial charge in [-0.05, 0) is 11.9 Å². The van der Waals surface area contributed by atoms with Crippen LogP contribution >= 0.6 is 11.9 Å². The number of aliphatic carboxylic acids is 2. The lowest BCUT2D eigenvalue weighted by Gasteiger charge is -2.18. The SMILES string of the molecule is CN/C(=N\SCC(N)C(=O)O)N(C)CC(=O)O. The van der Waals surface area contributed by atoms with Crippen molar-refractivity contribution in [2.45, 2.75) is 6.04 Å². The zero-order valence-corrected chi connectivity index (χ0v) is 10.4. The summed E-state index contributed by atoms with van der Waals surface area (Å²) in [5.41, 5.74) is 5.28. The van der Waals surface area contributed by atoms with E-state index in [0.717, 1.165) is 11.9 Å². The van der Waals surface area contributed by atoms with Crippen LogP contribution in [-0.2, 0) is 9.59 Å². The summed E-state index contributed by atoms with van der Waals surface area (Å²) in [4.78, 5) is 22.3. The number of hydrogen-bond acceptors (Lipinski definition) is 5. The first-order chi connectivity index (χ1) is 7.88. The van der Waals surface area contributed by atoms with Gasteiger partial charge in [0.1, 0.15) is 12.6 Å². The zero-order valence-electron chi connectivity index (χ0n) is 9.58. The molecule has 9 heteroatoms. The molecule has 0 saturated heterocycles. The lowest BCUT2D eigenvalue weighted by molar-refractivity contribution is -0.138. The Morgan fingerprint density at radius 3 is 2.53 bits per heavy atom. The third-order valence-electron chi connectivity index (χ3n) is 1.68. The molecule has 0 aromatic carbocycles. The van der Waals surface area contributed by atoms with E-state index in [1.165, 1.54) is 4.90 Å². The monoisotopic (exact) mass is 264 g/mol. The van der Waals surface area contributed by atoms with Crippen LogP contribution in [0.25, 0.3) is 0 Å². The van der Waals surface area contributed by atoms with Gasteiger partial charge in [0.25, 0.3) is 0 Å². The van der Waals surface area contributed by atoms with Gasteiger partial charge in [-0.15, -0.1) is 0 Å². The van der Waals surface area contributed by atoms with Gasteiger partial charge in [-0.1, -0.05) is 0 Å². The van der Waals surface area contributed by atoms with E-state index >= 15 is 0 Å². The number of carboxylic acids is 2. The number of rotatable bonds is 6. The van der Waals surface area contributed by atoms with Crippen molar-refractivity contribution in [1.29, 1.82) is 0 Å². The van der Waals surface area contributed by atoms with Crippen LogP contribution in [0.15, 0.2) is 4.40 Å². The van der Waals surface area contributed by atoms with Crippen molar-refractivity contribution in [2.75, 3.05) is 26.4 Å². The second-order valence-electron chi connectivity index (χ2n) is 3.16. The van der Waals surface area contributed by atoms with E-state index < -0.39 is 18.0 Å². The van der Waals surface area contributed by atoms with Gasteiger partial charge in [-0.2, -0.15) is 4.40 Å². The Kier molecular flexibility index (Phi) is 7.06. The molecule has 0 aromatic rings. The minimum atomic E-state index is -1.10. The van der Waals surface area contributed by atoms with Gasteiger partial charge in [-0.3, -0.25) is 9.59 Å². The Morgan fingerprint density at radius 2 is 2.12 bits per heavy atom. The fourth-order valence-corrected chi connectivity index (χ4v) is 1.56. The van der Waals surface area contributed by atoms with E-state index in [1.54, 1.807) is 14.1 Å². The molecule has 1 unspecified atom stereocenters. The first-order valence-corrected chi connectivity index (χ1v) is 5.61. The molecule has 1 atom stereocenters. The summed E-state index contributed by atoms with van der Waals surface area (Å²) in [7, 11) is 3.15. The van der Waals surface area contributed by atoms with E-state index in [0.29, 0.717) is 5.96 Å². The average Bonchev–Trinajstić information content (AvgIpc) is 2.22. The molecule has 17 heavy (non-hydrogen) atoms. The molecular formula is C8H16N4O4S. The zero-order chi connectivity index (χ0) is 13.4. The Labute approximate surface area is 103 Å². The first-order valence-electron chi connectivity index (χ1n) is 4.67. The first kappa shape index (κ1) is 15.5. The van der Waals surface area contributed by atoms with Crippen LogP contribution in [0.3, 0.4) is 0 Å². The highest BCUT2D eigenvalue weighted by Crippen LogP contribution is 2.04. The quantitative estimate of drug-likeness (QED) is 0.263. The predicted octanol–water partition coefficient (Wildman–Crippen LogP) is -1.36. The van der Waals surface area contributed by atoms with E-state index in [1.807, 2.05) is 0 Å². The van der Waals surface area contributed by atoms with Gasteiger partial charge >= 0.3 is 11.9 Å². The van der Waals surface area contributed by atoms with Gasteiger partial charge in [0, 0.05) is 19.8 Å². The number of guanidine groups is 1. The second kappa shape index (κ2) is 7.74. The molecule has 8 nitrogen and oxygen atoms in total. The number of carbonyl (C=O) groups is 2. The highest BCUT2D eigenvalue weighted by molar-refractivity contribution is 7.98. The summed E-state index contributed by atoms with van der Waals surface area (Å²) in [5.74, 6) is -1.63. The maximum atomic E-state index is 10.5. The van der Waals surface area contributed by atoms with Crippen LogP contribution in [0.4, 0.5) is 0 Å². The number of nitrogens with two attached hydrogens (primary N) is 1. The highest BCUT2D eigenvalue weighted by atomic mass is 32.2. The van der Waals surface area contributed by atoms with Crippen molar-refractivity contribution >= 4 is 29.8 Å². The van der Waals surface area contributed by atoms with Crippen LogP contribution in [0.1, 0.15) is 0 Å². The van der Waals surface area contributed by atoms with Crippen LogP contribution < -0.4 is 11.1 Å². The molecule has 0 aliphatic heterocycles. The average molecular weight is 264 g/mol. The number of hydrogen-bond donors (Lipinski definition) is 4. The van der Waals surface area contributed by atoms with Crippen LogP contribution in [0.5, 0.6) is 0 Å². The van der Waals surface area contributed by atoms with Crippen LogP contribution in [0, 0.1) is 0 Å². The molecular weight excluding hydrogens is 248 g/mol. The minimum absolute atomic E-state index is 0.113. The van der Waals surface area contributed by atoms with Crippen molar-refractivity contribution in [1.82, 2.24) is 10.2 Å². The molecule has 0 rings (SSSR count). The lowest BCUT2D eigenvalue weighted by atomic mass is 10.4. The van der Waals surface area contributed by atoms with Gasteiger partial charge in [-0.25, -0.2) is 0 Å². The van der Waals surface area contributed by atoms with Gasteiger partial charge in [0.05, 0.1) is 0 Å². The molecule has 0 fully saturated rings. The fourth-order valence-electron chi connectivity index (χ4n) is 0.834. The summed E-state index contributed by atoms with van der Waals surface area (Å²) < 4.78 is 3.96. The molecule has 0 aliphatic carbocycles. The highest BCUT2D eigenvalue weighted by Gasteiger charge is 2.12. The molecule has 0 heterocycles. The van der Waals surface area contributed by atoms with Gasteiger partial charge in [0.2, 0.25) is 5.96 Å². The van der Waals surface area contributed by atoms with Gasteiger partial charge in [0.15, 0.2) is 0 Å². The normalized spacial score (nSPS) is 13.0. The third-order valence-corrected chi connectivity index (χ3v) is 2.49. The molecule has 98 valence electrons. The standard InChI is InChI=1S/C8H16N4O4S/c1-10-8(12(2)3-6(13)14)11-17-4-5(9)7(15)16/h5H,3-4,9H2,1-2H3,(H,10,11)(H,13,14)(H,15,16). The molecule has 0 spiro atoms. The second-order valence-corrected chi connectivity index (χ2v) is 3.93. The molecule has 0 saturated carbocycles. The summed E-state index contributed by atoms with van der Waals surface area (Å²) in [6, 6.07) is -0.994.